The second kappa shape index (κ2) is 3.46. The van der Waals surface area contributed by atoms with Crippen LogP contribution in [0.5, 0.6) is 0 Å². The van der Waals surface area contributed by atoms with E-state index in [4.69, 9.17) is 5.11 Å². The molecule has 4 heteroatoms. The van der Waals surface area contributed by atoms with Crippen LogP contribution in [0.3, 0.4) is 0 Å². The Labute approximate surface area is 77.0 Å². The first-order valence-electron chi connectivity index (χ1n) is 4.75. The molecule has 72 valence electrons. The number of carbonyl (C=O) groups is 1. The molecule has 2 unspecified atom stereocenters. The first-order valence-corrected chi connectivity index (χ1v) is 4.75. The third-order valence-electron chi connectivity index (χ3n) is 2.98. The summed E-state index contributed by atoms with van der Waals surface area (Å²) in [5, 5.41) is 12.5. The van der Waals surface area contributed by atoms with Gasteiger partial charge in [0.15, 0.2) is 0 Å². The standard InChI is InChI=1S/C9H14N2O2/c12-5-9(13)11-10-8-4-6-1-2-7(8)3-6/h6-7,12H,1-5H2,(H,11,13)/b10-8+. The van der Waals surface area contributed by atoms with Gasteiger partial charge in [-0.25, -0.2) is 5.43 Å². The van der Waals surface area contributed by atoms with Crippen LogP contribution in [0.15, 0.2) is 5.10 Å². The molecule has 2 bridgehead atoms. The molecular weight excluding hydrogens is 168 g/mol. The molecule has 2 atom stereocenters. The molecule has 13 heavy (non-hydrogen) atoms. The lowest BCUT2D eigenvalue weighted by Crippen LogP contribution is -2.24. The highest BCUT2D eigenvalue weighted by molar-refractivity contribution is 5.91. The van der Waals surface area contributed by atoms with Crippen LogP contribution >= 0.6 is 0 Å². The molecule has 0 saturated heterocycles. The second-order valence-corrected chi connectivity index (χ2v) is 3.88. The van der Waals surface area contributed by atoms with E-state index in [1.54, 1.807) is 0 Å². The van der Waals surface area contributed by atoms with Crippen molar-refractivity contribution in [2.75, 3.05) is 6.61 Å². The summed E-state index contributed by atoms with van der Waals surface area (Å²) >= 11 is 0. The minimum Gasteiger partial charge on any atom is -0.386 e. The van der Waals surface area contributed by atoms with Crippen LogP contribution in [0.1, 0.15) is 25.7 Å². The first-order chi connectivity index (χ1) is 6.29. The molecule has 0 aromatic heterocycles. The van der Waals surface area contributed by atoms with Gasteiger partial charge in [-0.05, 0) is 37.5 Å². The minimum absolute atomic E-state index is 0.421. The third kappa shape index (κ3) is 1.72. The van der Waals surface area contributed by atoms with E-state index in [-0.39, 0.29) is 0 Å². The smallest absolute Gasteiger partial charge is 0.265 e. The zero-order valence-corrected chi connectivity index (χ0v) is 7.49. The molecule has 2 rings (SSSR count). The summed E-state index contributed by atoms with van der Waals surface area (Å²) in [6.45, 7) is -0.481. The van der Waals surface area contributed by atoms with Crippen molar-refractivity contribution in [2.45, 2.75) is 25.7 Å². The number of aliphatic hydroxyl groups excluding tert-OH is 1. The van der Waals surface area contributed by atoms with Gasteiger partial charge in [0, 0.05) is 5.71 Å². The van der Waals surface area contributed by atoms with Crippen molar-refractivity contribution < 1.29 is 9.90 Å². The predicted molar refractivity (Wildman–Crippen MR) is 48.1 cm³/mol. The van der Waals surface area contributed by atoms with Gasteiger partial charge in [0.1, 0.15) is 6.61 Å². The SMILES string of the molecule is O=C(CO)N/N=C1\CC2CCC1C2. The van der Waals surface area contributed by atoms with Gasteiger partial charge in [-0.1, -0.05) is 0 Å². The number of rotatable bonds is 2. The molecule has 2 aliphatic rings. The quantitative estimate of drug-likeness (QED) is 0.602. The molecule has 2 saturated carbocycles. The molecule has 2 fully saturated rings. The summed E-state index contributed by atoms with van der Waals surface area (Å²) in [5.74, 6) is 0.981. The van der Waals surface area contributed by atoms with Gasteiger partial charge in [-0.3, -0.25) is 4.79 Å². The number of hydrogen-bond acceptors (Lipinski definition) is 3. The van der Waals surface area contributed by atoms with E-state index in [2.05, 4.69) is 10.5 Å². The molecule has 2 aliphatic carbocycles. The highest BCUT2D eigenvalue weighted by Crippen LogP contribution is 2.42. The monoisotopic (exact) mass is 182 g/mol. The van der Waals surface area contributed by atoms with Crippen molar-refractivity contribution >= 4 is 11.6 Å². The molecular formula is C9H14N2O2. The normalized spacial score (nSPS) is 34.1. The largest absolute Gasteiger partial charge is 0.386 e. The topological polar surface area (TPSA) is 61.7 Å². The molecule has 2 N–H and O–H groups in total. The number of amides is 1. The minimum atomic E-state index is -0.481. The number of fused-ring (bicyclic) bond motifs is 2. The molecule has 4 nitrogen and oxygen atoms in total. The van der Waals surface area contributed by atoms with Crippen LogP contribution in [0, 0.1) is 11.8 Å². The highest BCUT2D eigenvalue weighted by atomic mass is 16.3. The Kier molecular flexibility index (Phi) is 2.31. The van der Waals surface area contributed by atoms with E-state index >= 15 is 0 Å². The van der Waals surface area contributed by atoms with E-state index in [1.165, 1.54) is 19.3 Å². The zero-order valence-electron chi connectivity index (χ0n) is 7.49. The summed E-state index contributed by atoms with van der Waals surface area (Å²) in [6.07, 6.45) is 4.82. The van der Waals surface area contributed by atoms with E-state index in [1.807, 2.05) is 0 Å². The Morgan fingerprint density at radius 1 is 1.62 bits per heavy atom. The Balaban J connectivity index is 1.91. The summed E-state index contributed by atoms with van der Waals surface area (Å²) < 4.78 is 0. The van der Waals surface area contributed by atoms with Crippen LogP contribution in [-0.4, -0.2) is 23.3 Å². The van der Waals surface area contributed by atoms with Crippen LogP contribution in [-0.2, 0) is 4.79 Å². The van der Waals surface area contributed by atoms with Gasteiger partial charge in [0.05, 0.1) is 0 Å². The van der Waals surface area contributed by atoms with Crippen molar-refractivity contribution in [3.05, 3.63) is 0 Å². The highest BCUT2D eigenvalue weighted by Gasteiger charge is 2.36. The van der Waals surface area contributed by atoms with Gasteiger partial charge in [-0.15, -0.1) is 0 Å². The zero-order chi connectivity index (χ0) is 9.26. The maximum absolute atomic E-state index is 10.7. The Hall–Kier alpha value is -0.900. The average Bonchev–Trinajstić information content (AvgIpc) is 2.74. The summed E-state index contributed by atoms with van der Waals surface area (Å²) in [6, 6.07) is 0. The van der Waals surface area contributed by atoms with Gasteiger partial charge >= 0.3 is 0 Å². The third-order valence-corrected chi connectivity index (χ3v) is 2.98. The summed E-state index contributed by atoms with van der Waals surface area (Å²) in [4.78, 5) is 10.7. The van der Waals surface area contributed by atoms with Crippen LogP contribution < -0.4 is 5.43 Å². The second-order valence-electron chi connectivity index (χ2n) is 3.88. The van der Waals surface area contributed by atoms with Crippen LogP contribution in [0.25, 0.3) is 0 Å². The van der Waals surface area contributed by atoms with Crippen molar-refractivity contribution in [3.8, 4) is 0 Å². The van der Waals surface area contributed by atoms with Crippen molar-refractivity contribution in [2.24, 2.45) is 16.9 Å². The predicted octanol–water partition coefficient (Wildman–Crippen LogP) is 0.271. The fourth-order valence-electron chi connectivity index (χ4n) is 2.33. The van der Waals surface area contributed by atoms with E-state index in [9.17, 15) is 4.79 Å². The lowest BCUT2D eigenvalue weighted by atomic mass is 9.99. The van der Waals surface area contributed by atoms with Crippen molar-refractivity contribution in [3.63, 3.8) is 0 Å². The van der Waals surface area contributed by atoms with Gasteiger partial charge in [0.2, 0.25) is 0 Å². The molecule has 1 amide bonds. The number of carbonyl (C=O) groups excluding carboxylic acids is 1. The van der Waals surface area contributed by atoms with Gasteiger partial charge in [0.25, 0.3) is 5.91 Å². The Morgan fingerprint density at radius 3 is 3.00 bits per heavy atom. The average molecular weight is 182 g/mol. The molecule has 0 heterocycles. The van der Waals surface area contributed by atoms with Crippen LogP contribution in [0.2, 0.25) is 0 Å². The van der Waals surface area contributed by atoms with Crippen molar-refractivity contribution in [1.29, 1.82) is 0 Å². The van der Waals surface area contributed by atoms with E-state index in [0.29, 0.717) is 5.92 Å². The maximum atomic E-state index is 10.7. The van der Waals surface area contributed by atoms with Gasteiger partial charge in [-0.2, -0.15) is 5.10 Å². The Morgan fingerprint density at radius 2 is 2.46 bits per heavy atom. The number of aliphatic hydroxyl groups is 1. The fraction of sp³-hybridized carbons (Fsp3) is 0.778. The molecule has 0 spiro atoms. The lowest BCUT2D eigenvalue weighted by Gasteiger charge is -2.11. The Bertz CT molecular complexity index is 250. The van der Waals surface area contributed by atoms with Gasteiger partial charge < -0.3 is 5.11 Å². The number of hydrogen-bond donors (Lipinski definition) is 2. The molecule has 0 aromatic rings. The maximum Gasteiger partial charge on any atom is 0.265 e. The van der Waals surface area contributed by atoms with Crippen LogP contribution in [0.4, 0.5) is 0 Å². The number of nitrogens with zero attached hydrogens (tertiary/aromatic N) is 1. The number of nitrogens with one attached hydrogen (secondary N) is 1. The lowest BCUT2D eigenvalue weighted by molar-refractivity contribution is -0.123. The number of hydrazone groups is 1. The van der Waals surface area contributed by atoms with E-state index < -0.39 is 12.5 Å². The molecule has 0 aliphatic heterocycles. The summed E-state index contributed by atoms with van der Waals surface area (Å²) in [5.41, 5.74) is 3.48. The first kappa shape index (κ1) is 8.69. The summed E-state index contributed by atoms with van der Waals surface area (Å²) in [7, 11) is 0. The fourth-order valence-corrected chi connectivity index (χ4v) is 2.33. The molecule has 0 aromatic carbocycles. The van der Waals surface area contributed by atoms with E-state index in [0.717, 1.165) is 18.1 Å². The molecule has 0 radical (unpaired) electrons. The van der Waals surface area contributed by atoms with Crippen molar-refractivity contribution in [1.82, 2.24) is 5.43 Å².